The number of nitrogens with one attached hydrogen (secondary N) is 2. The molecule has 2 bridgehead atoms. The molecule has 3 fully saturated rings. The number of aliphatic hydroxyl groups is 4. The zero-order chi connectivity index (χ0) is 20.6. The van der Waals surface area contributed by atoms with Crippen LogP contribution in [0.4, 0.5) is 0 Å². The summed E-state index contributed by atoms with van der Waals surface area (Å²) in [7, 11) is 0. The number of fused-ring (bicyclic) bond motifs is 5. The Balaban J connectivity index is 1.84. The van der Waals surface area contributed by atoms with Gasteiger partial charge in [-0.15, -0.1) is 11.8 Å². The molecule has 0 aromatic carbocycles. The molecule has 2 amide bonds. The van der Waals surface area contributed by atoms with Crippen LogP contribution < -0.4 is 10.6 Å². The number of amides is 2. The normalized spacial score (nSPS) is 33.2. The summed E-state index contributed by atoms with van der Waals surface area (Å²) in [5.41, 5.74) is -6.67. The lowest BCUT2D eigenvalue weighted by Crippen LogP contribution is -2.83. The van der Waals surface area contributed by atoms with Crippen LogP contribution in [0.3, 0.4) is 0 Å². The van der Waals surface area contributed by atoms with E-state index < -0.39 is 47.5 Å². The van der Waals surface area contributed by atoms with Crippen molar-refractivity contribution < 1.29 is 34.8 Å². The second-order valence-corrected chi connectivity index (χ2v) is 8.18. The number of aliphatic hydroxyl groups excluding tert-OH is 2. The zero-order valence-corrected chi connectivity index (χ0v) is 16.0. The molecule has 0 spiro atoms. The molecule has 4 heterocycles. The Morgan fingerprint density at radius 3 is 2.79 bits per heavy atom. The minimum Gasteiger partial charge on any atom is -0.393 e. The first-order chi connectivity index (χ1) is 13.2. The first-order valence-corrected chi connectivity index (χ1v) is 9.71. The van der Waals surface area contributed by atoms with Crippen LogP contribution in [-0.4, -0.2) is 79.3 Å². The number of aromatic nitrogens is 1. The van der Waals surface area contributed by atoms with Gasteiger partial charge in [0.05, 0.1) is 18.2 Å². The predicted octanol–water partition coefficient (Wildman–Crippen LogP) is -2.05. The minimum atomic E-state index is -2.32. The van der Waals surface area contributed by atoms with Gasteiger partial charge in [-0.3, -0.25) is 9.59 Å². The largest absolute Gasteiger partial charge is 0.393 e. The molecule has 0 aliphatic carbocycles. The number of nitrogens with zero attached hydrogens (tertiary/aromatic N) is 1. The maximum Gasteiger partial charge on any atom is 0.278 e. The molecule has 5 atom stereocenters. The summed E-state index contributed by atoms with van der Waals surface area (Å²) in [5.74, 6) is -2.40. The van der Waals surface area contributed by atoms with Crippen molar-refractivity contribution in [2.45, 2.75) is 41.5 Å². The Labute approximate surface area is 165 Å². The van der Waals surface area contributed by atoms with Gasteiger partial charge < -0.3 is 35.8 Å². The summed E-state index contributed by atoms with van der Waals surface area (Å²) in [5, 5.41) is 46.0. The molecular formula is C17H23N3O7S. The standard InChI is InChI=1S/C17H23N3O7S/c1-15(25,9-21)12(22)17-14(24)19-16(26,13(23)20-17)10(5-7-27-17)8-28-11-4-2-3-6-18-11/h2-4,6,10,12,21-22,25-26H,5,7-9H2,1H3,(H,19,24)(H,20,23)/t10?,12-,15-,16+,17-/m0/s1. The van der Waals surface area contributed by atoms with E-state index in [1.807, 2.05) is 6.07 Å². The van der Waals surface area contributed by atoms with Gasteiger partial charge in [-0.1, -0.05) is 6.07 Å². The molecule has 1 aromatic rings. The fraction of sp³-hybridized carbons (Fsp3) is 0.588. The number of carbonyl (C=O) groups is 2. The van der Waals surface area contributed by atoms with Gasteiger partial charge in [-0.05, 0) is 25.5 Å². The summed E-state index contributed by atoms with van der Waals surface area (Å²) in [6.07, 6.45) is -0.159. The lowest BCUT2D eigenvalue weighted by Gasteiger charge is -2.51. The molecule has 3 aliphatic heterocycles. The Kier molecular flexibility index (Phi) is 5.67. The van der Waals surface area contributed by atoms with Gasteiger partial charge in [0.1, 0.15) is 11.7 Å². The first-order valence-electron chi connectivity index (χ1n) is 8.72. The maximum absolute atomic E-state index is 12.7. The van der Waals surface area contributed by atoms with E-state index in [0.29, 0.717) is 5.03 Å². The van der Waals surface area contributed by atoms with Gasteiger partial charge in [0.2, 0.25) is 5.72 Å². The minimum absolute atomic E-state index is 0.0813. The van der Waals surface area contributed by atoms with E-state index in [1.165, 1.54) is 11.8 Å². The second-order valence-electron chi connectivity index (χ2n) is 7.14. The van der Waals surface area contributed by atoms with E-state index in [9.17, 15) is 30.0 Å². The highest BCUT2D eigenvalue weighted by Crippen LogP contribution is 2.36. The highest BCUT2D eigenvalue weighted by molar-refractivity contribution is 7.99. The quantitative estimate of drug-likeness (QED) is 0.288. The van der Waals surface area contributed by atoms with Crippen molar-refractivity contribution in [2.75, 3.05) is 19.0 Å². The van der Waals surface area contributed by atoms with Crippen LogP contribution in [-0.2, 0) is 14.3 Å². The fourth-order valence-electron chi connectivity index (χ4n) is 3.22. The van der Waals surface area contributed by atoms with Gasteiger partial charge in [0.15, 0.2) is 0 Å². The predicted molar refractivity (Wildman–Crippen MR) is 96.7 cm³/mol. The lowest BCUT2D eigenvalue weighted by molar-refractivity contribution is -0.240. The number of carbonyl (C=O) groups excluding carboxylic acids is 2. The number of thioether (sulfide) groups is 1. The molecule has 154 valence electrons. The Morgan fingerprint density at radius 1 is 1.39 bits per heavy atom. The second kappa shape index (κ2) is 7.58. The van der Waals surface area contributed by atoms with Gasteiger partial charge in [0, 0.05) is 17.9 Å². The molecule has 0 radical (unpaired) electrons. The number of pyridine rings is 1. The number of piperazine rings is 1. The number of hydrogen-bond acceptors (Lipinski definition) is 9. The zero-order valence-electron chi connectivity index (χ0n) is 15.2. The lowest BCUT2D eigenvalue weighted by atomic mass is 9.83. The van der Waals surface area contributed by atoms with Crippen molar-refractivity contribution in [2.24, 2.45) is 5.92 Å². The third-order valence-electron chi connectivity index (χ3n) is 5.04. The Bertz CT molecular complexity index is 750. The highest BCUT2D eigenvalue weighted by Gasteiger charge is 2.64. The van der Waals surface area contributed by atoms with Crippen LogP contribution in [0.1, 0.15) is 13.3 Å². The van der Waals surface area contributed by atoms with E-state index in [1.54, 1.807) is 18.3 Å². The summed E-state index contributed by atoms with van der Waals surface area (Å²) in [4.78, 5) is 29.6. The van der Waals surface area contributed by atoms with Crippen LogP contribution >= 0.6 is 11.8 Å². The molecule has 0 saturated carbocycles. The van der Waals surface area contributed by atoms with E-state index in [4.69, 9.17) is 4.74 Å². The van der Waals surface area contributed by atoms with E-state index in [0.717, 1.165) is 6.92 Å². The molecule has 6 N–H and O–H groups in total. The van der Waals surface area contributed by atoms with Crippen LogP contribution in [0.15, 0.2) is 29.4 Å². The van der Waals surface area contributed by atoms with E-state index in [2.05, 4.69) is 15.6 Å². The molecule has 4 rings (SSSR count). The van der Waals surface area contributed by atoms with Crippen LogP contribution in [0.5, 0.6) is 0 Å². The van der Waals surface area contributed by atoms with Crippen molar-refractivity contribution in [3.8, 4) is 0 Å². The van der Waals surface area contributed by atoms with Crippen LogP contribution in [0.2, 0.25) is 0 Å². The van der Waals surface area contributed by atoms with Gasteiger partial charge >= 0.3 is 0 Å². The third-order valence-corrected chi connectivity index (χ3v) is 6.14. The third kappa shape index (κ3) is 3.49. The average molecular weight is 413 g/mol. The SMILES string of the molecule is C[C@](O)(CO)[C@H](O)[C@@]12NC(=O)[C@@](O)(NC1=O)C(CSc1ccccn1)CCO2. The van der Waals surface area contributed by atoms with Crippen LogP contribution in [0.25, 0.3) is 0 Å². The molecule has 28 heavy (non-hydrogen) atoms. The smallest absolute Gasteiger partial charge is 0.278 e. The van der Waals surface area contributed by atoms with Crippen molar-refractivity contribution in [1.29, 1.82) is 0 Å². The Hall–Kier alpha value is -1.76. The van der Waals surface area contributed by atoms with Crippen molar-refractivity contribution in [3.05, 3.63) is 24.4 Å². The maximum atomic E-state index is 12.7. The van der Waals surface area contributed by atoms with Gasteiger partial charge in [-0.2, -0.15) is 0 Å². The molecule has 1 aromatic heterocycles. The topological polar surface area (TPSA) is 161 Å². The van der Waals surface area contributed by atoms with Crippen molar-refractivity contribution >= 4 is 23.6 Å². The summed E-state index contributed by atoms with van der Waals surface area (Å²) < 4.78 is 5.52. The summed E-state index contributed by atoms with van der Waals surface area (Å²) in [6.45, 7) is 0.138. The summed E-state index contributed by atoms with van der Waals surface area (Å²) >= 11 is 1.31. The fourth-order valence-corrected chi connectivity index (χ4v) is 4.31. The van der Waals surface area contributed by atoms with Crippen molar-refractivity contribution in [3.63, 3.8) is 0 Å². The van der Waals surface area contributed by atoms with Gasteiger partial charge in [0.25, 0.3) is 17.5 Å². The molecule has 3 saturated heterocycles. The van der Waals surface area contributed by atoms with E-state index in [-0.39, 0.29) is 18.8 Å². The number of ether oxygens (including phenoxy) is 1. The van der Waals surface area contributed by atoms with Crippen molar-refractivity contribution in [1.82, 2.24) is 15.6 Å². The Morgan fingerprint density at radius 2 is 2.14 bits per heavy atom. The monoisotopic (exact) mass is 413 g/mol. The number of rotatable bonds is 6. The highest BCUT2D eigenvalue weighted by atomic mass is 32.2. The first kappa shape index (κ1) is 21.0. The number of hydrogen-bond donors (Lipinski definition) is 6. The molecule has 3 aliphatic rings. The van der Waals surface area contributed by atoms with E-state index >= 15 is 0 Å². The average Bonchev–Trinajstić information content (AvgIpc) is 2.67. The molecule has 11 heteroatoms. The van der Waals surface area contributed by atoms with Gasteiger partial charge in [-0.25, -0.2) is 4.98 Å². The summed E-state index contributed by atoms with van der Waals surface area (Å²) in [6, 6.07) is 5.36. The molecular weight excluding hydrogens is 390 g/mol. The van der Waals surface area contributed by atoms with Crippen LogP contribution in [0, 0.1) is 5.92 Å². The molecule has 10 nitrogen and oxygen atoms in total. The molecule has 1 unspecified atom stereocenters.